The molecule has 2 rings (SSSR count). The first-order valence-electron chi connectivity index (χ1n) is 5.06. The molecule has 0 saturated heterocycles. The lowest BCUT2D eigenvalue weighted by molar-refractivity contribution is 0.225. The van der Waals surface area contributed by atoms with Crippen molar-refractivity contribution in [2.45, 2.75) is 18.9 Å². The van der Waals surface area contributed by atoms with Gasteiger partial charge in [-0.15, -0.1) is 0 Å². The van der Waals surface area contributed by atoms with Gasteiger partial charge in [-0.25, -0.2) is 9.97 Å². The van der Waals surface area contributed by atoms with E-state index in [0.717, 1.165) is 18.9 Å². The maximum Gasteiger partial charge on any atom is 0.219 e. The van der Waals surface area contributed by atoms with Crippen molar-refractivity contribution in [3.63, 3.8) is 0 Å². The normalized spacial score (nSPS) is 15.7. The van der Waals surface area contributed by atoms with Crippen LogP contribution >= 0.6 is 0 Å². The van der Waals surface area contributed by atoms with Gasteiger partial charge in [0.05, 0.1) is 6.07 Å². The zero-order valence-corrected chi connectivity index (χ0v) is 8.69. The van der Waals surface area contributed by atoms with Crippen molar-refractivity contribution in [1.82, 2.24) is 14.9 Å². The Labute approximate surface area is 88.1 Å². The van der Waals surface area contributed by atoms with Crippen LogP contribution < -0.4 is 4.74 Å². The van der Waals surface area contributed by atoms with Crippen LogP contribution in [0.4, 0.5) is 4.39 Å². The maximum atomic E-state index is 12.6. The molecule has 1 fully saturated rings. The fourth-order valence-electron chi connectivity index (χ4n) is 1.39. The van der Waals surface area contributed by atoms with Crippen molar-refractivity contribution < 1.29 is 9.13 Å². The molecule has 1 heterocycles. The first kappa shape index (κ1) is 10.3. The lowest BCUT2D eigenvalue weighted by Crippen LogP contribution is -2.26. The third-order valence-electron chi connectivity index (χ3n) is 2.47. The second kappa shape index (κ2) is 4.53. The molecule has 1 aromatic rings. The molecule has 5 heteroatoms. The Hall–Kier alpha value is -1.23. The second-order valence-corrected chi connectivity index (χ2v) is 3.74. The van der Waals surface area contributed by atoms with Gasteiger partial charge in [0.1, 0.15) is 12.9 Å². The highest BCUT2D eigenvalue weighted by molar-refractivity contribution is 5.05. The first-order valence-corrected chi connectivity index (χ1v) is 5.06. The standard InChI is InChI=1S/C10H14FN3O/c1-14(8-2-3-8)4-5-15-10-6-9(11)12-7-13-10/h6-8H,2-5H2,1H3. The van der Waals surface area contributed by atoms with Crippen LogP contribution in [0.15, 0.2) is 12.4 Å². The average Bonchev–Trinajstić information content (AvgIpc) is 3.00. The number of nitrogens with zero attached hydrogens (tertiary/aromatic N) is 3. The Morgan fingerprint density at radius 3 is 3.00 bits per heavy atom. The number of hydrogen-bond acceptors (Lipinski definition) is 4. The van der Waals surface area contributed by atoms with Crippen LogP contribution in [-0.2, 0) is 0 Å². The van der Waals surface area contributed by atoms with Gasteiger partial charge in [-0.2, -0.15) is 4.39 Å². The highest BCUT2D eigenvalue weighted by Gasteiger charge is 2.25. The van der Waals surface area contributed by atoms with E-state index < -0.39 is 5.95 Å². The summed E-state index contributed by atoms with van der Waals surface area (Å²) in [6, 6.07) is 1.91. The van der Waals surface area contributed by atoms with Crippen molar-refractivity contribution >= 4 is 0 Å². The molecule has 0 radical (unpaired) electrons. The van der Waals surface area contributed by atoms with E-state index in [0.29, 0.717) is 12.5 Å². The molecule has 15 heavy (non-hydrogen) atoms. The Kier molecular flexibility index (Phi) is 3.11. The molecule has 0 unspecified atom stereocenters. The highest BCUT2D eigenvalue weighted by atomic mass is 19.1. The van der Waals surface area contributed by atoms with Crippen LogP contribution in [0, 0.1) is 5.95 Å². The molecule has 1 aliphatic carbocycles. The molecule has 0 aliphatic heterocycles. The zero-order chi connectivity index (χ0) is 10.7. The van der Waals surface area contributed by atoms with E-state index in [9.17, 15) is 4.39 Å². The molecule has 82 valence electrons. The van der Waals surface area contributed by atoms with Crippen molar-refractivity contribution in [3.05, 3.63) is 18.3 Å². The molecule has 0 aromatic carbocycles. The number of hydrogen-bond donors (Lipinski definition) is 0. The summed E-state index contributed by atoms with van der Waals surface area (Å²) < 4.78 is 18.0. The number of ether oxygens (including phenoxy) is 1. The molecule has 0 bridgehead atoms. The van der Waals surface area contributed by atoms with Gasteiger partial charge in [-0.05, 0) is 19.9 Å². The summed E-state index contributed by atoms with van der Waals surface area (Å²) in [7, 11) is 2.07. The fraction of sp³-hybridized carbons (Fsp3) is 0.600. The molecule has 4 nitrogen and oxygen atoms in total. The minimum absolute atomic E-state index is 0.298. The number of halogens is 1. The van der Waals surface area contributed by atoms with Crippen molar-refractivity contribution in [2.75, 3.05) is 20.2 Å². The quantitative estimate of drug-likeness (QED) is 0.683. The van der Waals surface area contributed by atoms with E-state index in [-0.39, 0.29) is 0 Å². The van der Waals surface area contributed by atoms with Crippen LogP contribution in [0.3, 0.4) is 0 Å². The lowest BCUT2D eigenvalue weighted by atomic mass is 10.5. The monoisotopic (exact) mass is 211 g/mol. The highest BCUT2D eigenvalue weighted by Crippen LogP contribution is 2.24. The van der Waals surface area contributed by atoms with Crippen LogP contribution in [0.25, 0.3) is 0 Å². The average molecular weight is 211 g/mol. The third kappa shape index (κ3) is 3.13. The van der Waals surface area contributed by atoms with Gasteiger partial charge in [0.15, 0.2) is 0 Å². The minimum Gasteiger partial charge on any atom is -0.476 e. The Morgan fingerprint density at radius 2 is 2.33 bits per heavy atom. The van der Waals surface area contributed by atoms with Gasteiger partial charge in [0.2, 0.25) is 11.8 Å². The number of aromatic nitrogens is 2. The number of rotatable bonds is 5. The molecule has 0 amide bonds. The summed E-state index contributed by atoms with van der Waals surface area (Å²) in [6.07, 6.45) is 3.71. The summed E-state index contributed by atoms with van der Waals surface area (Å²) in [5.41, 5.74) is 0. The molecular formula is C10H14FN3O. The van der Waals surface area contributed by atoms with Gasteiger partial charge in [0, 0.05) is 12.6 Å². The van der Waals surface area contributed by atoms with E-state index in [1.165, 1.54) is 18.9 Å². The maximum absolute atomic E-state index is 12.6. The molecule has 0 atom stereocenters. The largest absolute Gasteiger partial charge is 0.476 e. The first-order chi connectivity index (χ1) is 7.25. The molecule has 1 aliphatic rings. The SMILES string of the molecule is CN(CCOc1cc(F)ncn1)C1CC1. The van der Waals surface area contributed by atoms with Gasteiger partial charge in [0.25, 0.3) is 0 Å². The van der Waals surface area contributed by atoms with E-state index in [4.69, 9.17) is 4.74 Å². The Morgan fingerprint density at radius 1 is 1.53 bits per heavy atom. The Bertz CT molecular complexity index is 330. The molecule has 1 saturated carbocycles. The third-order valence-corrected chi connectivity index (χ3v) is 2.47. The molecule has 1 aromatic heterocycles. The summed E-state index contributed by atoms with van der Waals surface area (Å²) in [5.74, 6) is -0.262. The molecule has 0 spiro atoms. The topological polar surface area (TPSA) is 38.2 Å². The van der Waals surface area contributed by atoms with Crippen molar-refractivity contribution in [3.8, 4) is 5.88 Å². The summed E-state index contributed by atoms with van der Waals surface area (Å²) in [6.45, 7) is 1.37. The predicted molar refractivity (Wildman–Crippen MR) is 53.1 cm³/mol. The predicted octanol–water partition coefficient (Wildman–Crippen LogP) is 1.09. The van der Waals surface area contributed by atoms with E-state index in [2.05, 4.69) is 21.9 Å². The minimum atomic E-state index is -0.560. The lowest BCUT2D eigenvalue weighted by Gasteiger charge is -2.15. The van der Waals surface area contributed by atoms with Crippen LogP contribution in [0.5, 0.6) is 5.88 Å². The summed E-state index contributed by atoms with van der Waals surface area (Å²) in [5, 5.41) is 0. The summed E-state index contributed by atoms with van der Waals surface area (Å²) >= 11 is 0. The van der Waals surface area contributed by atoms with Gasteiger partial charge < -0.3 is 9.64 Å². The smallest absolute Gasteiger partial charge is 0.219 e. The zero-order valence-electron chi connectivity index (χ0n) is 8.69. The van der Waals surface area contributed by atoms with Gasteiger partial charge >= 0.3 is 0 Å². The fourth-order valence-corrected chi connectivity index (χ4v) is 1.39. The van der Waals surface area contributed by atoms with Crippen LogP contribution in [-0.4, -0.2) is 41.1 Å². The molecular weight excluding hydrogens is 197 g/mol. The molecule has 0 N–H and O–H groups in total. The van der Waals surface area contributed by atoms with Gasteiger partial charge in [-0.1, -0.05) is 0 Å². The number of likely N-dealkylation sites (N-methyl/N-ethyl adjacent to an activating group) is 1. The van der Waals surface area contributed by atoms with Gasteiger partial charge in [-0.3, -0.25) is 0 Å². The van der Waals surface area contributed by atoms with Crippen LogP contribution in [0.1, 0.15) is 12.8 Å². The van der Waals surface area contributed by atoms with E-state index >= 15 is 0 Å². The van der Waals surface area contributed by atoms with E-state index in [1.54, 1.807) is 0 Å². The van der Waals surface area contributed by atoms with E-state index in [1.807, 2.05) is 0 Å². The van der Waals surface area contributed by atoms with Crippen molar-refractivity contribution in [2.24, 2.45) is 0 Å². The summed E-state index contributed by atoms with van der Waals surface area (Å²) in [4.78, 5) is 9.41. The Balaban J connectivity index is 1.73. The van der Waals surface area contributed by atoms with Crippen molar-refractivity contribution in [1.29, 1.82) is 0 Å². The van der Waals surface area contributed by atoms with Crippen LogP contribution in [0.2, 0.25) is 0 Å². The second-order valence-electron chi connectivity index (χ2n) is 3.74.